The fourth-order valence-electron chi connectivity index (χ4n) is 1.14. The van der Waals surface area contributed by atoms with Crippen molar-refractivity contribution in [1.29, 1.82) is 0 Å². The van der Waals surface area contributed by atoms with Crippen LogP contribution in [0.5, 0.6) is 17.2 Å². The van der Waals surface area contributed by atoms with Gasteiger partial charge in [0.15, 0.2) is 17.2 Å². The molecule has 0 aliphatic heterocycles. The van der Waals surface area contributed by atoms with E-state index in [9.17, 15) is 0 Å². The molecular formula is C9H9Br3O3. The van der Waals surface area contributed by atoms with E-state index in [1.807, 2.05) is 0 Å². The lowest BCUT2D eigenvalue weighted by Gasteiger charge is -2.16. The van der Waals surface area contributed by atoms with Crippen LogP contribution >= 0.6 is 47.8 Å². The van der Waals surface area contributed by atoms with Crippen LogP contribution in [-0.4, -0.2) is 21.3 Å². The van der Waals surface area contributed by atoms with E-state index >= 15 is 0 Å². The van der Waals surface area contributed by atoms with Gasteiger partial charge in [0.05, 0.1) is 21.3 Å². The topological polar surface area (TPSA) is 27.7 Å². The first kappa shape index (κ1) is 13.1. The molecule has 0 saturated carbocycles. The molecule has 0 atom stereocenters. The van der Waals surface area contributed by atoms with Crippen LogP contribution in [0.25, 0.3) is 0 Å². The highest BCUT2D eigenvalue weighted by molar-refractivity contribution is 9.11. The molecule has 0 spiro atoms. The van der Waals surface area contributed by atoms with Gasteiger partial charge in [0.1, 0.15) is 13.4 Å². The second-order valence-electron chi connectivity index (χ2n) is 2.54. The maximum absolute atomic E-state index is 5.24. The second-order valence-corrected chi connectivity index (χ2v) is 4.92. The zero-order valence-corrected chi connectivity index (χ0v) is 13.1. The molecule has 3 nitrogen and oxygen atoms in total. The number of halogens is 3. The summed E-state index contributed by atoms with van der Waals surface area (Å²) in [6.45, 7) is 0. The van der Waals surface area contributed by atoms with E-state index in [4.69, 9.17) is 14.2 Å². The summed E-state index contributed by atoms with van der Waals surface area (Å²) in [5, 5.41) is 0. The summed E-state index contributed by atoms with van der Waals surface area (Å²) in [6, 6.07) is 0. The van der Waals surface area contributed by atoms with Crippen molar-refractivity contribution in [1.82, 2.24) is 0 Å². The van der Waals surface area contributed by atoms with Crippen molar-refractivity contribution in [3.8, 4) is 17.2 Å². The van der Waals surface area contributed by atoms with Crippen molar-refractivity contribution < 1.29 is 14.2 Å². The molecule has 84 valence electrons. The lowest BCUT2D eigenvalue weighted by Crippen LogP contribution is -1.96. The number of ether oxygens (including phenoxy) is 3. The maximum Gasteiger partial charge on any atom is 0.154 e. The van der Waals surface area contributed by atoms with Crippen LogP contribution in [0, 0.1) is 0 Å². The van der Waals surface area contributed by atoms with Gasteiger partial charge < -0.3 is 14.2 Å². The summed E-state index contributed by atoms with van der Waals surface area (Å²) < 4.78 is 17.9. The summed E-state index contributed by atoms with van der Waals surface area (Å²) in [4.78, 5) is 0. The smallest absolute Gasteiger partial charge is 0.154 e. The van der Waals surface area contributed by atoms with Crippen LogP contribution in [0.1, 0.15) is 0 Å². The van der Waals surface area contributed by atoms with Gasteiger partial charge in [-0.15, -0.1) is 0 Å². The van der Waals surface area contributed by atoms with E-state index in [0.717, 1.165) is 13.4 Å². The van der Waals surface area contributed by atoms with Crippen LogP contribution in [0.3, 0.4) is 0 Å². The maximum atomic E-state index is 5.24. The summed E-state index contributed by atoms with van der Waals surface area (Å²) in [6.07, 6.45) is 0. The Kier molecular flexibility index (Phi) is 4.73. The number of methoxy groups -OCH3 is 3. The third-order valence-electron chi connectivity index (χ3n) is 1.81. The first-order valence-corrected chi connectivity index (χ1v) is 6.28. The van der Waals surface area contributed by atoms with Gasteiger partial charge in [-0.3, -0.25) is 0 Å². The fraction of sp³-hybridized carbons (Fsp3) is 0.333. The normalized spacial score (nSPS) is 10.0. The first-order valence-electron chi connectivity index (χ1n) is 3.90. The van der Waals surface area contributed by atoms with E-state index in [0.29, 0.717) is 17.2 Å². The van der Waals surface area contributed by atoms with Crippen LogP contribution < -0.4 is 14.2 Å². The Morgan fingerprint density at radius 3 is 0.933 bits per heavy atom. The molecule has 0 N–H and O–H groups in total. The summed E-state index contributed by atoms with van der Waals surface area (Å²) >= 11 is 10.2. The Labute approximate surface area is 113 Å². The molecule has 0 fully saturated rings. The van der Waals surface area contributed by atoms with Crippen molar-refractivity contribution in [2.24, 2.45) is 0 Å². The summed E-state index contributed by atoms with van der Waals surface area (Å²) in [7, 11) is 4.74. The largest absolute Gasteiger partial charge is 0.494 e. The van der Waals surface area contributed by atoms with Crippen LogP contribution in [0.4, 0.5) is 0 Å². The quantitative estimate of drug-likeness (QED) is 0.762. The van der Waals surface area contributed by atoms with Crippen molar-refractivity contribution in [3.05, 3.63) is 13.4 Å². The molecule has 0 unspecified atom stereocenters. The molecule has 0 bridgehead atoms. The SMILES string of the molecule is COc1c(Br)c(OC)c(Br)c(OC)c1Br. The molecule has 0 saturated heterocycles. The third kappa shape index (κ3) is 2.26. The van der Waals surface area contributed by atoms with Gasteiger partial charge in [0.2, 0.25) is 0 Å². The molecular weight excluding hydrogens is 396 g/mol. The average molecular weight is 405 g/mol. The standard InChI is InChI=1S/C9H9Br3O3/c1-13-7-4(10)8(14-2)6(12)9(15-3)5(7)11/h1-3H3. The lowest BCUT2D eigenvalue weighted by atomic mass is 10.3. The van der Waals surface area contributed by atoms with E-state index in [-0.39, 0.29) is 0 Å². The minimum absolute atomic E-state index is 0.631. The average Bonchev–Trinajstić information content (AvgIpc) is 2.19. The van der Waals surface area contributed by atoms with Gasteiger partial charge in [-0.25, -0.2) is 0 Å². The Bertz CT molecular complexity index is 301. The van der Waals surface area contributed by atoms with Gasteiger partial charge in [0.25, 0.3) is 0 Å². The molecule has 0 amide bonds. The summed E-state index contributed by atoms with van der Waals surface area (Å²) in [5.41, 5.74) is 0. The Morgan fingerprint density at radius 1 is 0.600 bits per heavy atom. The second kappa shape index (κ2) is 5.41. The fourth-order valence-corrected chi connectivity index (χ4v) is 4.09. The lowest BCUT2D eigenvalue weighted by molar-refractivity contribution is 0.364. The summed E-state index contributed by atoms with van der Waals surface area (Å²) in [5.74, 6) is 1.89. The predicted octanol–water partition coefficient (Wildman–Crippen LogP) is 4.00. The van der Waals surface area contributed by atoms with Crippen molar-refractivity contribution in [3.63, 3.8) is 0 Å². The van der Waals surface area contributed by atoms with Gasteiger partial charge >= 0.3 is 0 Å². The van der Waals surface area contributed by atoms with E-state index in [1.54, 1.807) is 21.3 Å². The highest BCUT2D eigenvalue weighted by Crippen LogP contribution is 2.51. The highest BCUT2D eigenvalue weighted by Gasteiger charge is 2.22. The molecule has 1 aromatic carbocycles. The minimum atomic E-state index is 0.631. The molecule has 0 aliphatic rings. The molecule has 0 heterocycles. The molecule has 1 aromatic rings. The number of hydrogen-bond donors (Lipinski definition) is 0. The predicted molar refractivity (Wildman–Crippen MR) is 69.2 cm³/mol. The first-order chi connectivity index (χ1) is 7.08. The zero-order chi connectivity index (χ0) is 11.6. The Morgan fingerprint density at radius 2 is 0.800 bits per heavy atom. The Hall–Kier alpha value is 0.0600. The Balaban J connectivity index is 3.57. The van der Waals surface area contributed by atoms with Gasteiger partial charge in [-0.2, -0.15) is 0 Å². The number of hydrogen-bond acceptors (Lipinski definition) is 3. The van der Waals surface area contributed by atoms with E-state index in [1.165, 1.54) is 0 Å². The van der Waals surface area contributed by atoms with E-state index in [2.05, 4.69) is 47.8 Å². The number of benzene rings is 1. The molecule has 6 heteroatoms. The van der Waals surface area contributed by atoms with Gasteiger partial charge in [0, 0.05) is 0 Å². The molecule has 0 aliphatic carbocycles. The van der Waals surface area contributed by atoms with Gasteiger partial charge in [-0.05, 0) is 47.8 Å². The van der Waals surface area contributed by atoms with Crippen molar-refractivity contribution in [2.45, 2.75) is 0 Å². The zero-order valence-electron chi connectivity index (χ0n) is 8.36. The molecule has 0 radical (unpaired) electrons. The van der Waals surface area contributed by atoms with Gasteiger partial charge in [-0.1, -0.05) is 0 Å². The van der Waals surface area contributed by atoms with Crippen molar-refractivity contribution in [2.75, 3.05) is 21.3 Å². The molecule has 1 rings (SSSR count). The van der Waals surface area contributed by atoms with Crippen molar-refractivity contribution >= 4 is 47.8 Å². The van der Waals surface area contributed by atoms with Crippen LogP contribution in [0.15, 0.2) is 13.4 Å². The monoisotopic (exact) mass is 402 g/mol. The van der Waals surface area contributed by atoms with Crippen LogP contribution in [-0.2, 0) is 0 Å². The molecule has 15 heavy (non-hydrogen) atoms. The third-order valence-corrected chi connectivity index (χ3v) is 3.97. The highest BCUT2D eigenvalue weighted by atomic mass is 79.9. The minimum Gasteiger partial charge on any atom is -0.494 e. The van der Waals surface area contributed by atoms with E-state index < -0.39 is 0 Å². The molecule has 0 aromatic heterocycles. The van der Waals surface area contributed by atoms with Crippen LogP contribution in [0.2, 0.25) is 0 Å². The number of rotatable bonds is 3.